The van der Waals surface area contributed by atoms with E-state index in [0.29, 0.717) is 0 Å². The number of fused-ring (bicyclic) bond motifs is 7. The Hall–Kier alpha value is -3.85. The van der Waals surface area contributed by atoms with Gasteiger partial charge in [0.2, 0.25) is 5.52 Å². The summed E-state index contributed by atoms with van der Waals surface area (Å²) in [6.07, 6.45) is 2.20. The molecule has 0 aliphatic heterocycles. The summed E-state index contributed by atoms with van der Waals surface area (Å²) in [6, 6.07) is 24.5. The van der Waals surface area contributed by atoms with Gasteiger partial charge in [0, 0.05) is 36.3 Å². The molecule has 0 aliphatic carbocycles. The number of hydrogen-bond acceptors (Lipinski definition) is 1. The highest BCUT2D eigenvalue weighted by atomic mass is 15.1. The van der Waals surface area contributed by atoms with E-state index in [4.69, 9.17) is 0 Å². The molecule has 0 spiro atoms. The summed E-state index contributed by atoms with van der Waals surface area (Å²) in [4.78, 5) is 2.29. The van der Waals surface area contributed by atoms with Crippen LogP contribution in [0.15, 0.2) is 72.9 Å². The number of nitrogens with zero attached hydrogens (tertiary/aromatic N) is 3. The minimum absolute atomic E-state index is 1.27. The second-order valence-electron chi connectivity index (χ2n) is 9.19. The number of pyridine rings is 2. The van der Waals surface area contributed by atoms with Gasteiger partial charge in [-0.2, -0.15) is 0 Å². The van der Waals surface area contributed by atoms with Gasteiger partial charge in [0.1, 0.15) is 7.05 Å². The fourth-order valence-corrected chi connectivity index (χ4v) is 5.97. The van der Waals surface area contributed by atoms with E-state index in [0.717, 1.165) is 0 Å². The van der Waals surface area contributed by atoms with Crippen molar-refractivity contribution in [3.05, 3.63) is 78.5 Å². The molecule has 4 aromatic carbocycles. The van der Waals surface area contributed by atoms with Crippen LogP contribution in [0.2, 0.25) is 0 Å². The molecule has 0 N–H and O–H groups in total. The number of aromatic nitrogens is 2. The Bertz CT molecular complexity index is 1870. The molecule has 0 unspecified atom stereocenters. The number of rotatable bonds is 1. The lowest BCUT2D eigenvalue weighted by Crippen LogP contribution is -2.29. The molecule has 3 heterocycles. The van der Waals surface area contributed by atoms with Crippen LogP contribution in [-0.2, 0) is 7.05 Å². The van der Waals surface area contributed by atoms with Crippen LogP contribution in [0.1, 0.15) is 5.56 Å². The highest BCUT2D eigenvalue weighted by Crippen LogP contribution is 2.46. The fourth-order valence-electron chi connectivity index (χ4n) is 5.97. The first-order valence-corrected chi connectivity index (χ1v) is 11.2. The molecule has 154 valence electrons. The van der Waals surface area contributed by atoms with Gasteiger partial charge >= 0.3 is 0 Å². The quantitative estimate of drug-likeness (QED) is 0.173. The topological polar surface area (TPSA) is 11.5 Å². The summed E-state index contributed by atoms with van der Waals surface area (Å²) >= 11 is 0. The number of hydrogen-bond donors (Lipinski definition) is 0. The second-order valence-corrected chi connectivity index (χ2v) is 9.19. The van der Waals surface area contributed by atoms with Crippen LogP contribution in [-0.4, -0.2) is 18.5 Å². The van der Waals surface area contributed by atoms with Gasteiger partial charge in [0.15, 0.2) is 6.20 Å². The van der Waals surface area contributed by atoms with E-state index < -0.39 is 0 Å². The van der Waals surface area contributed by atoms with Crippen molar-refractivity contribution in [2.45, 2.75) is 6.92 Å². The van der Waals surface area contributed by atoms with Crippen LogP contribution in [0.25, 0.3) is 59.8 Å². The molecule has 0 aliphatic rings. The molecular formula is C29H24N3+. The lowest BCUT2D eigenvalue weighted by molar-refractivity contribution is -0.643. The fraction of sp³-hybridized carbons (Fsp3) is 0.138. The summed E-state index contributed by atoms with van der Waals surface area (Å²) < 4.78 is 4.84. The summed E-state index contributed by atoms with van der Waals surface area (Å²) in [6.45, 7) is 2.29. The summed E-state index contributed by atoms with van der Waals surface area (Å²) in [5.41, 5.74) is 7.80. The normalized spacial score (nSPS) is 12.4. The molecule has 0 radical (unpaired) electrons. The molecule has 0 atom stereocenters. The van der Waals surface area contributed by atoms with Gasteiger partial charge in [0.25, 0.3) is 0 Å². The Balaban J connectivity index is 2.02. The maximum atomic E-state index is 2.53. The Labute approximate surface area is 186 Å². The molecule has 7 rings (SSSR count). The first-order valence-electron chi connectivity index (χ1n) is 11.2. The molecular weight excluding hydrogens is 390 g/mol. The molecule has 0 saturated heterocycles. The Morgan fingerprint density at radius 3 is 2.22 bits per heavy atom. The van der Waals surface area contributed by atoms with Crippen molar-refractivity contribution in [2.24, 2.45) is 7.05 Å². The maximum Gasteiger partial charge on any atom is 0.224 e. The first-order chi connectivity index (χ1) is 15.6. The first kappa shape index (κ1) is 17.8. The summed E-state index contributed by atoms with van der Waals surface area (Å²) in [5, 5.41) is 9.22. The maximum absolute atomic E-state index is 2.53. The van der Waals surface area contributed by atoms with E-state index >= 15 is 0 Å². The molecule has 3 nitrogen and oxygen atoms in total. The average Bonchev–Trinajstić information content (AvgIpc) is 3.14. The SMILES string of the molecule is Cc1c2ccccc2c(N(C)C)c2c1c1c3c(ccc4c5ccccc5n2c43)cc[n+]1C. The smallest absolute Gasteiger partial charge is 0.224 e. The highest BCUT2D eigenvalue weighted by molar-refractivity contribution is 6.30. The monoisotopic (exact) mass is 414 g/mol. The van der Waals surface area contributed by atoms with Crippen LogP contribution in [0.4, 0.5) is 5.69 Å². The van der Waals surface area contributed by atoms with Crippen molar-refractivity contribution < 1.29 is 4.57 Å². The van der Waals surface area contributed by atoms with Crippen LogP contribution >= 0.6 is 0 Å². The molecule has 7 aromatic rings. The lowest BCUT2D eigenvalue weighted by atomic mass is 9.94. The van der Waals surface area contributed by atoms with E-state index in [2.05, 4.69) is 115 Å². The average molecular weight is 415 g/mol. The Morgan fingerprint density at radius 2 is 1.44 bits per heavy atom. The predicted octanol–water partition coefficient (Wildman–Crippen LogP) is 6.34. The number of anilines is 1. The zero-order valence-electron chi connectivity index (χ0n) is 18.8. The minimum atomic E-state index is 1.27. The number of para-hydroxylation sites is 1. The van der Waals surface area contributed by atoms with Gasteiger partial charge in [-0.05, 0) is 29.3 Å². The highest BCUT2D eigenvalue weighted by Gasteiger charge is 2.27. The van der Waals surface area contributed by atoms with Crippen LogP contribution in [0.3, 0.4) is 0 Å². The van der Waals surface area contributed by atoms with Gasteiger partial charge in [-0.1, -0.05) is 54.6 Å². The minimum Gasteiger partial charge on any atom is -0.375 e. The van der Waals surface area contributed by atoms with E-state index in [-0.39, 0.29) is 0 Å². The van der Waals surface area contributed by atoms with E-state index in [9.17, 15) is 0 Å². The molecule has 32 heavy (non-hydrogen) atoms. The van der Waals surface area contributed by atoms with Crippen molar-refractivity contribution in [1.29, 1.82) is 0 Å². The van der Waals surface area contributed by atoms with Crippen molar-refractivity contribution in [1.82, 2.24) is 4.40 Å². The van der Waals surface area contributed by atoms with Crippen molar-refractivity contribution in [2.75, 3.05) is 19.0 Å². The second kappa shape index (κ2) is 5.89. The van der Waals surface area contributed by atoms with Gasteiger partial charge in [-0.3, -0.25) is 0 Å². The largest absolute Gasteiger partial charge is 0.375 e. The zero-order valence-corrected chi connectivity index (χ0v) is 18.8. The third-order valence-corrected chi connectivity index (χ3v) is 7.27. The molecule has 3 aromatic heterocycles. The standard InChI is InChI=1S/C29H24N3/c1-17-19-9-5-6-11-21(19)27(30(2)3)29-24(17)28-25-18(15-16-31(28)4)13-14-22-20-10-7-8-12-23(20)32(29)26(22)25/h5-16H,1-4H3/q+1. The lowest BCUT2D eigenvalue weighted by Gasteiger charge is -2.23. The van der Waals surface area contributed by atoms with Gasteiger partial charge in [-0.15, -0.1) is 0 Å². The third-order valence-electron chi connectivity index (χ3n) is 7.27. The van der Waals surface area contributed by atoms with Crippen molar-refractivity contribution >= 4 is 65.5 Å². The summed E-state index contributed by atoms with van der Waals surface area (Å²) in [5.74, 6) is 0. The molecule has 0 amide bonds. The van der Waals surface area contributed by atoms with E-state index in [1.54, 1.807) is 0 Å². The van der Waals surface area contributed by atoms with Crippen LogP contribution in [0.5, 0.6) is 0 Å². The third kappa shape index (κ3) is 1.95. The van der Waals surface area contributed by atoms with Gasteiger partial charge < -0.3 is 9.30 Å². The van der Waals surface area contributed by atoms with E-state index in [1.165, 1.54) is 71.0 Å². The van der Waals surface area contributed by atoms with Gasteiger partial charge in [-0.25, -0.2) is 4.57 Å². The van der Waals surface area contributed by atoms with Gasteiger partial charge in [0.05, 0.1) is 33.0 Å². The molecule has 0 bridgehead atoms. The molecule has 0 fully saturated rings. The Morgan fingerprint density at radius 1 is 0.719 bits per heavy atom. The van der Waals surface area contributed by atoms with Crippen LogP contribution in [0, 0.1) is 6.92 Å². The summed E-state index contributed by atoms with van der Waals surface area (Å²) in [7, 11) is 6.52. The number of aryl methyl sites for hydroxylation is 2. The van der Waals surface area contributed by atoms with E-state index in [1.807, 2.05) is 0 Å². The predicted molar refractivity (Wildman–Crippen MR) is 136 cm³/mol. The Kier molecular flexibility index (Phi) is 3.27. The van der Waals surface area contributed by atoms with Crippen molar-refractivity contribution in [3.8, 4) is 0 Å². The zero-order chi connectivity index (χ0) is 21.7. The molecule has 0 saturated carbocycles. The molecule has 3 heteroatoms. The van der Waals surface area contributed by atoms with Crippen molar-refractivity contribution in [3.63, 3.8) is 0 Å². The number of benzene rings is 4. The van der Waals surface area contributed by atoms with Crippen LogP contribution < -0.4 is 9.47 Å².